The van der Waals surface area contributed by atoms with Crippen LogP contribution in [0, 0.1) is 12.8 Å². The number of aryl methyl sites for hydroxylation is 1. The van der Waals surface area contributed by atoms with Crippen LogP contribution in [0.25, 0.3) is 6.08 Å². The lowest BCUT2D eigenvalue weighted by Gasteiger charge is -2.34. The molecule has 1 N–H and O–H groups in total. The lowest BCUT2D eigenvalue weighted by molar-refractivity contribution is -0.149. The number of oxazole rings is 1. The number of hydrogen-bond donors (Lipinski definition) is 1. The first-order chi connectivity index (χ1) is 17.4. The van der Waals surface area contributed by atoms with Gasteiger partial charge in [0.1, 0.15) is 11.5 Å². The zero-order chi connectivity index (χ0) is 26.1. The van der Waals surface area contributed by atoms with Crippen molar-refractivity contribution in [2.45, 2.75) is 59.4 Å². The first-order valence-corrected chi connectivity index (χ1v) is 12.6. The Hall–Kier alpha value is -3.61. The average molecular weight is 493 g/mol. The zero-order valence-corrected chi connectivity index (χ0v) is 21.6. The normalized spacial score (nSPS) is 15.9. The molecule has 1 unspecified atom stereocenters. The zero-order valence-electron chi connectivity index (χ0n) is 21.6. The van der Waals surface area contributed by atoms with Gasteiger partial charge in [-0.05, 0) is 68.4 Å². The van der Waals surface area contributed by atoms with E-state index in [0.29, 0.717) is 49.1 Å². The van der Waals surface area contributed by atoms with Crippen molar-refractivity contribution >= 4 is 18.0 Å². The summed E-state index contributed by atoms with van der Waals surface area (Å²) in [6.07, 6.45) is 14.0. The minimum absolute atomic E-state index is 0.326. The summed E-state index contributed by atoms with van der Waals surface area (Å²) < 4.78 is 11.7. The molecule has 2 aromatic rings. The molecule has 36 heavy (non-hydrogen) atoms. The van der Waals surface area contributed by atoms with E-state index in [2.05, 4.69) is 24.9 Å². The number of benzene rings is 1. The molecule has 2 heterocycles. The van der Waals surface area contributed by atoms with Gasteiger partial charge < -0.3 is 19.2 Å². The fraction of sp³-hybridized carbons (Fsp3) is 0.414. The van der Waals surface area contributed by atoms with Crippen molar-refractivity contribution in [2.75, 3.05) is 13.2 Å². The van der Waals surface area contributed by atoms with E-state index in [1.54, 1.807) is 24.3 Å². The Morgan fingerprint density at radius 3 is 2.75 bits per heavy atom. The van der Waals surface area contributed by atoms with Gasteiger partial charge in [0.15, 0.2) is 6.04 Å². The van der Waals surface area contributed by atoms with Crippen LogP contribution in [-0.2, 0) is 22.4 Å². The molecule has 1 amide bonds. The largest absolute Gasteiger partial charge is 0.493 e. The molecule has 0 aliphatic carbocycles. The second-order valence-electron chi connectivity index (χ2n) is 8.86. The monoisotopic (exact) mass is 492 g/mol. The summed E-state index contributed by atoms with van der Waals surface area (Å²) in [6.45, 7) is 8.79. The van der Waals surface area contributed by atoms with Crippen molar-refractivity contribution in [1.82, 2.24) is 9.88 Å². The summed E-state index contributed by atoms with van der Waals surface area (Å²) in [4.78, 5) is 30.8. The Balaban J connectivity index is 1.69. The summed E-state index contributed by atoms with van der Waals surface area (Å²) in [5.41, 5.74) is 2.34. The van der Waals surface area contributed by atoms with E-state index in [1.807, 2.05) is 32.1 Å². The summed E-state index contributed by atoms with van der Waals surface area (Å²) in [5.74, 6) is 1.05. The van der Waals surface area contributed by atoms with Crippen molar-refractivity contribution in [1.29, 1.82) is 0 Å². The highest BCUT2D eigenvalue weighted by Crippen LogP contribution is 2.33. The topological polar surface area (TPSA) is 92.9 Å². The smallest absolute Gasteiger partial charge is 0.331 e. The second kappa shape index (κ2) is 12.9. The molecule has 7 heteroatoms. The van der Waals surface area contributed by atoms with Crippen LogP contribution >= 0.6 is 0 Å². The number of fused-ring (bicyclic) bond motifs is 1. The van der Waals surface area contributed by atoms with Gasteiger partial charge in [0.25, 0.3) is 0 Å². The van der Waals surface area contributed by atoms with E-state index in [1.165, 1.54) is 11.0 Å². The number of carboxylic acids is 1. The van der Waals surface area contributed by atoms with Gasteiger partial charge in [-0.1, -0.05) is 44.2 Å². The van der Waals surface area contributed by atoms with Crippen molar-refractivity contribution in [3.05, 3.63) is 77.1 Å². The van der Waals surface area contributed by atoms with E-state index in [4.69, 9.17) is 9.15 Å². The van der Waals surface area contributed by atoms with E-state index in [9.17, 15) is 14.7 Å². The second-order valence-corrected chi connectivity index (χ2v) is 8.86. The number of allylic oxidation sites excluding steroid dienone is 4. The van der Waals surface area contributed by atoms with Gasteiger partial charge in [0.2, 0.25) is 11.8 Å². The number of aromatic nitrogens is 1. The maximum Gasteiger partial charge on any atom is 0.331 e. The lowest BCUT2D eigenvalue weighted by atomic mass is 9.92. The van der Waals surface area contributed by atoms with Crippen LogP contribution in [0.4, 0.5) is 0 Å². The van der Waals surface area contributed by atoms with Crippen LogP contribution in [0.2, 0.25) is 0 Å². The molecule has 1 aromatic heterocycles. The van der Waals surface area contributed by atoms with Gasteiger partial charge in [0.05, 0.1) is 12.3 Å². The van der Waals surface area contributed by atoms with Crippen molar-refractivity contribution in [3.63, 3.8) is 0 Å². The molecule has 0 saturated heterocycles. The number of aliphatic carboxylic acids is 1. The van der Waals surface area contributed by atoms with Crippen molar-refractivity contribution in [3.8, 4) is 5.75 Å². The molecule has 0 spiro atoms. The summed E-state index contributed by atoms with van der Waals surface area (Å²) >= 11 is 0. The molecule has 7 nitrogen and oxygen atoms in total. The third-order valence-electron chi connectivity index (χ3n) is 6.48. The minimum Gasteiger partial charge on any atom is -0.493 e. The lowest BCUT2D eigenvalue weighted by Crippen LogP contribution is -2.42. The number of hydrogen-bond acceptors (Lipinski definition) is 5. The number of rotatable bonds is 11. The molecule has 1 aromatic carbocycles. The standard InChI is InChI=1S/C29H36N2O5/c1-5-8-9-10-27(32)31-17-15-22-12-13-23(19-24(22)28(31)29(33)34)35-18-16-25-20(4)36-26(30-25)14-11-21(6-2)7-3/h5,8-14,19,21,28H,6-7,15-18H2,1-4H3,(H,33,34). The molecule has 1 aliphatic heterocycles. The van der Waals surface area contributed by atoms with Gasteiger partial charge in [-0.3, -0.25) is 4.79 Å². The molecule has 3 rings (SSSR count). The van der Waals surface area contributed by atoms with Crippen molar-refractivity contribution < 1.29 is 23.8 Å². The molecule has 0 radical (unpaired) electrons. The Morgan fingerprint density at radius 2 is 2.06 bits per heavy atom. The molecule has 0 fully saturated rings. The van der Waals surface area contributed by atoms with Gasteiger partial charge in [-0.25, -0.2) is 9.78 Å². The van der Waals surface area contributed by atoms with E-state index >= 15 is 0 Å². The number of carboxylic acid groups (broad SMARTS) is 1. The van der Waals surface area contributed by atoms with Crippen LogP contribution in [0.3, 0.4) is 0 Å². The third kappa shape index (κ3) is 6.74. The van der Waals surface area contributed by atoms with Crippen LogP contribution < -0.4 is 4.74 Å². The van der Waals surface area contributed by atoms with E-state index in [0.717, 1.165) is 29.9 Å². The SMILES string of the molecule is CC=CC=CC(=O)N1CCc2ccc(OCCc3nc(C=CC(CC)CC)oc3C)cc2C1C(=O)O. The molecule has 1 aliphatic rings. The molecule has 0 saturated carbocycles. The quantitative estimate of drug-likeness (QED) is 0.320. The molecule has 1 atom stereocenters. The van der Waals surface area contributed by atoms with E-state index in [-0.39, 0.29) is 5.91 Å². The fourth-order valence-electron chi connectivity index (χ4n) is 4.33. The Bertz CT molecular complexity index is 1140. The molecular formula is C29H36N2O5. The number of carbonyl (C=O) groups excluding carboxylic acids is 1. The Kier molecular flexibility index (Phi) is 9.68. The van der Waals surface area contributed by atoms with Crippen LogP contribution in [0.15, 0.2) is 53.0 Å². The number of ether oxygens (including phenoxy) is 1. The maximum absolute atomic E-state index is 12.7. The predicted molar refractivity (Wildman–Crippen MR) is 140 cm³/mol. The van der Waals surface area contributed by atoms with Crippen LogP contribution in [0.5, 0.6) is 5.75 Å². The fourth-order valence-corrected chi connectivity index (χ4v) is 4.33. The highest BCUT2D eigenvalue weighted by Gasteiger charge is 2.35. The first-order valence-electron chi connectivity index (χ1n) is 12.6. The Labute approximate surface area is 213 Å². The summed E-state index contributed by atoms with van der Waals surface area (Å²) in [7, 11) is 0. The number of carbonyl (C=O) groups is 2. The maximum atomic E-state index is 12.7. The highest BCUT2D eigenvalue weighted by atomic mass is 16.5. The average Bonchev–Trinajstić information content (AvgIpc) is 3.22. The summed E-state index contributed by atoms with van der Waals surface area (Å²) in [6, 6.07) is 4.42. The van der Waals surface area contributed by atoms with Gasteiger partial charge in [-0.2, -0.15) is 0 Å². The van der Waals surface area contributed by atoms with Gasteiger partial charge >= 0.3 is 5.97 Å². The van der Waals surface area contributed by atoms with Gasteiger partial charge in [0, 0.05) is 19.0 Å². The number of amides is 1. The molecule has 0 bridgehead atoms. The Morgan fingerprint density at radius 1 is 1.28 bits per heavy atom. The number of nitrogens with zero attached hydrogens (tertiary/aromatic N) is 2. The highest BCUT2D eigenvalue weighted by molar-refractivity contribution is 5.92. The molecule has 192 valence electrons. The minimum atomic E-state index is -1.06. The van der Waals surface area contributed by atoms with E-state index < -0.39 is 12.0 Å². The first kappa shape index (κ1) is 27.0. The predicted octanol–water partition coefficient (Wildman–Crippen LogP) is 5.70. The third-order valence-corrected chi connectivity index (χ3v) is 6.48. The van der Waals surface area contributed by atoms with Crippen LogP contribution in [-0.4, -0.2) is 40.0 Å². The van der Waals surface area contributed by atoms with Crippen LogP contribution in [0.1, 0.15) is 68.1 Å². The summed E-state index contributed by atoms with van der Waals surface area (Å²) in [5, 5.41) is 9.94. The van der Waals surface area contributed by atoms with Gasteiger partial charge in [-0.15, -0.1) is 0 Å². The van der Waals surface area contributed by atoms with Crippen molar-refractivity contribution in [2.24, 2.45) is 5.92 Å². The molecular weight excluding hydrogens is 456 g/mol.